The first-order valence-corrected chi connectivity index (χ1v) is 21.2. The molecule has 0 aromatic carbocycles. The topological polar surface area (TPSA) is 142 Å². The summed E-state index contributed by atoms with van der Waals surface area (Å²) in [5.74, 6) is 8.14. The Labute approximate surface area is 308 Å². The van der Waals surface area contributed by atoms with Crippen LogP contribution in [0.1, 0.15) is 135 Å². The van der Waals surface area contributed by atoms with Crippen molar-refractivity contribution in [3.8, 4) is 11.8 Å². The van der Waals surface area contributed by atoms with E-state index in [0.717, 1.165) is 57.9 Å². The van der Waals surface area contributed by atoms with E-state index in [1.54, 1.807) is 7.11 Å². The molecular weight excluding hydrogens is 640 g/mol. The summed E-state index contributed by atoms with van der Waals surface area (Å²) in [4.78, 5) is 28.3. The van der Waals surface area contributed by atoms with Crippen LogP contribution < -0.4 is 11.1 Å². The number of carbonyl (C=O) groups is 2. The van der Waals surface area contributed by atoms with Gasteiger partial charge >= 0.3 is 0 Å². The average molecular weight is 711 g/mol. The van der Waals surface area contributed by atoms with Gasteiger partial charge in [0.25, 0.3) is 0 Å². The predicted molar refractivity (Wildman–Crippen MR) is 199 cm³/mol. The number of ether oxygens (including phenoxy) is 1. The van der Waals surface area contributed by atoms with Gasteiger partial charge in [-0.25, -0.2) is 0 Å². The molecule has 0 spiro atoms. The highest BCUT2D eigenvalue weighted by Gasteiger charge is 2.52. The van der Waals surface area contributed by atoms with Crippen LogP contribution in [0.2, 0.25) is 0 Å². The molecule has 0 aromatic heterocycles. The van der Waals surface area contributed by atoms with E-state index >= 15 is 0 Å². The number of hydrogen-bond acceptors (Lipinski definition) is 8. The number of aliphatic hydroxyl groups excluding tert-OH is 3. The number of nitrogens with two attached hydrogens (primary N) is 1. The van der Waals surface area contributed by atoms with E-state index in [4.69, 9.17) is 10.5 Å². The monoisotopic (exact) mass is 711 g/mol. The van der Waals surface area contributed by atoms with Gasteiger partial charge in [-0.05, 0) is 137 Å². The van der Waals surface area contributed by atoms with Crippen molar-refractivity contribution in [3.63, 3.8) is 0 Å². The Balaban J connectivity index is 1.45. The van der Waals surface area contributed by atoms with Gasteiger partial charge in [-0.15, -0.1) is 0 Å². The molecule has 0 radical (unpaired) electrons. The molecule has 6 N–H and O–H groups in total. The van der Waals surface area contributed by atoms with Crippen molar-refractivity contribution in [3.05, 3.63) is 0 Å². The second-order valence-corrected chi connectivity index (χ2v) is 18.1. The number of nitrogens with one attached hydrogen (secondary N) is 1. The fourth-order valence-corrected chi connectivity index (χ4v) is 12.7. The molecule has 0 bridgehead atoms. The largest absolute Gasteiger partial charge is 0.396 e. The molecule has 51 heavy (non-hydrogen) atoms. The Kier molecular flexibility index (Phi) is 13.8. The van der Waals surface area contributed by atoms with Crippen LogP contribution >= 0.6 is 0 Å². The van der Waals surface area contributed by atoms with Gasteiger partial charge in [-0.1, -0.05) is 57.3 Å². The summed E-state index contributed by atoms with van der Waals surface area (Å²) >= 11 is 0. The van der Waals surface area contributed by atoms with Crippen LogP contribution in [0.4, 0.5) is 0 Å². The summed E-state index contributed by atoms with van der Waals surface area (Å²) in [6, 6.07) is 0. The maximum absolute atomic E-state index is 14.6. The highest BCUT2D eigenvalue weighted by atomic mass is 16.5. The molecular formula is C43H70N2O6. The molecule has 0 amide bonds. The molecule has 8 nitrogen and oxygen atoms in total. The smallest absolute Gasteiger partial charge is 0.173 e. The van der Waals surface area contributed by atoms with Crippen molar-refractivity contribution < 1.29 is 29.6 Å². The molecule has 288 valence electrons. The number of Topliss-reactive ketones (excluding diaryl/α,β-unsaturated/α-hetero) is 2. The number of aliphatic hydroxyl groups is 3. The van der Waals surface area contributed by atoms with Crippen LogP contribution in [0.15, 0.2) is 0 Å². The van der Waals surface area contributed by atoms with E-state index in [9.17, 15) is 24.9 Å². The van der Waals surface area contributed by atoms with Crippen molar-refractivity contribution in [2.45, 2.75) is 160 Å². The zero-order chi connectivity index (χ0) is 36.1. The lowest BCUT2D eigenvalue weighted by molar-refractivity contribution is -0.142. The van der Waals surface area contributed by atoms with Gasteiger partial charge in [-0.2, -0.15) is 0 Å². The second kappa shape index (κ2) is 17.9. The molecule has 6 aliphatic rings. The lowest BCUT2D eigenvalue weighted by atomic mass is 9.58. The molecule has 4 saturated carbocycles. The summed E-state index contributed by atoms with van der Waals surface area (Å²) in [6.45, 7) is 3.19. The Morgan fingerprint density at radius 2 is 1.67 bits per heavy atom. The number of piperidine rings is 1. The van der Waals surface area contributed by atoms with E-state index in [1.807, 2.05) is 0 Å². The highest BCUT2D eigenvalue weighted by molar-refractivity contribution is 6.06. The Hall–Kier alpha value is -1.34. The minimum absolute atomic E-state index is 0.00236. The highest BCUT2D eigenvalue weighted by Crippen LogP contribution is 2.59. The number of methoxy groups -OCH3 is 1. The molecule has 1 saturated heterocycles. The molecule has 0 aromatic rings. The van der Waals surface area contributed by atoms with E-state index in [-0.39, 0.29) is 77.8 Å². The van der Waals surface area contributed by atoms with Gasteiger partial charge < -0.3 is 31.1 Å². The van der Waals surface area contributed by atoms with Crippen LogP contribution in [0.3, 0.4) is 0 Å². The van der Waals surface area contributed by atoms with E-state index in [1.165, 1.54) is 44.9 Å². The third kappa shape index (κ3) is 8.65. The third-order valence-electron chi connectivity index (χ3n) is 15.5. The lowest BCUT2D eigenvalue weighted by Crippen LogP contribution is -2.50. The zero-order valence-corrected chi connectivity index (χ0v) is 31.8. The van der Waals surface area contributed by atoms with E-state index in [0.29, 0.717) is 43.4 Å². The summed E-state index contributed by atoms with van der Waals surface area (Å²) in [5.41, 5.74) is 6.69. The quantitative estimate of drug-likeness (QED) is 0.158. The van der Waals surface area contributed by atoms with Gasteiger partial charge in [0.05, 0.1) is 18.4 Å². The fourth-order valence-electron chi connectivity index (χ4n) is 12.7. The third-order valence-corrected chi connectivity index (χ3v) is 15.5. The van der Waals surface area contributed by atoms with Gasteiger partial charge in [-0.3, -0.25) is 9.59 Å². The maximum atomic E-state index is 14.6. The number of rotatable bonds is 8. The molecule has 1 aliphatic heterocycles. The fraction of sp³-hybridized carbons (Fsp3) is 0.907. The van der Waals surface area contributed by atoms with E-state index in [2.05, 4.69) is 24.1 Å². The van der Waals surface area contributed by atoms with Crippen molar-refractivity contribution in [2.75, 3.05) is 20.3 Å². The van der Waals surface area contributed by atoms with Gasteiger partial charge in [0.2, 0.25) is 0 Å². The molecule has 5 fully saturated rings. The van der Waals surface area contributed by atoms with Crippen molar-refractivity contribution in [1.82, 2.24) is 5.32 Å². The minimum atomic E-state index is -1.64. The number of ketones is 2. The summed E-state index contributed by atoms with van der Waals surface area (Å²) in [5, 5.41) is 37.1. The zero-order valence-electron chi connectivity index (χ0n) is 31.8. The minimum Gasteiger partial charge on any atom is -0.396 e. The SMILES string of the molecule is CCC[C@H](CO)[C@H]1C[C@@H](C2(C3CCNC(N)C3)CCCC2)C[C@@H]2C#C[C@H](C3CCCCC3)C3CC(O)C(OC)CC3CCC(=O)[C@H](O)C(=O)[C@H]2C1. The van der Waals surface area contributed by atoms with Crippen LogP contribution in [-0.2, 0) is 14.3 Å². The average Bonchev–Trinajstić information content (AvgIpc) is 3.57. The summed E-state index contributed by atoms with van der Waals surface area (Å²) in [7, 11) is 1.65. The predicted octanol–water partition coefficient (Wildman–Crippen LogP) is 5.78. The van der Waals surface area contributed by atoms with Crippen molar-refractivity contribution >= 4 is 11.6 Å². The summed E-state index contributed by atoms with van der Waals surface area (Å²) < 4.78 is 5.73. The number of carbonyl (C=O) groups excluding carboxylic acids is 2. The van der Waals surface area contributed by atoms with Gasteiger partial charge in [0.1, 0.15) is 0 Å². The molecule has 6 unspecified atom stereocenters. The first-order chi connectivity index (χ1) is 24.7. The molecule has 5 aliphatic carbocycles. The first-order valence-electron chi connectivity index (χ1n) is 21.2. The molecule has 1 heterocycles. The van der Waals surface area contributed by atoms with E-state index < -0.39 is 18.1 Å². The van der Waals surface area contributed by atoms with Crippen LogP contribution in [0.5, 0.6) is 0 Å². The number of hydrogen-bond donors (Lipinski definition) is 5. The molecule has 13 atom stereocenters. The first kappa shape index (κ1) is 39.4. The normalized spacial score (nSPS) is 41.9. The summed E-state index contributed by atoms with van der Waals surface area (Å²) in [6.07, 6.45) is 16.5. The van der Waals surface area contributed by atoms with Crippen molar-refractivity contribution in [2.24, 2.45) is 70.3 Å². The Bertz CT molecular complexity index is 1220. The maximum Gasteiger partial charge on any atom is 0.173 e. The van der Waals surface area contributed by atoms with Gasteiger partial charge in [0.15, 0.2) is 17.7 Å². The van der Waals surface area contributed by atoms with Crippen molar-refractivity contribution in [1.29, 1.82) is 0 Å². The molecule has 8 heteroatoms. The lowest BCUT2D eigenvalue weighted by Gasteiger charge is -2.48. The van der Waals surface area contributed by atoms with Crippen LogP contribution in [-0.4, -0.2) is 71.6 Å². The second-order valence-electron chi connectivity index (χ2n) is 18.1. The van der Waals surface area contributed by atoms with Crippen LogP contribution in [0, 0.1) is 76.4 Å². The van der Waals surface area contributed by atoms with Crippen LogP contribution in [0.25, 0.3) is 0 Å². The molecule has 6 rings (SSSR count). The number of fused-ring (bicyclic) bond motifs is 2. The Morgan fingerprint density at radius 1 is 0.902 bits per heavy atom. The van der Waals surface area contributed by atoms with Gasteiger partial charge in [0, 0.05) is 37.9 Å². The standard InChI is InChI=1S/C43H70N2O6/c1-3-9-30(26-46)31-21-33(43(17-7-8-18-43)32-16-19-45-40(44)24-32)20-28-12-14-34(27-10-5-4-6-11-27)35-25-38(48)39(51-2)23-29(35)13-15-37(47)42(50)41(49)36(28)22-31/h27-36,38-40,42,45-46,48,50H,3-11,13,15-26,44H2,1-2H3/t28-,29?,30+,31-,32?,33-,34+,35?,36-,38?,39?,40?,42-/m0/s1. The Morgan fingerprint density at radius 3 is 2.35 bits per heavy atom.